The van der Waals surface area contributed by atoms with E-state index in [4.69, 9.17) is 11.0 Å². The number of hydrogen-bond donors (Lipinski definition) is 2. The average Bonchev–Trinajstić information content (AvgIpc) is 3.24. The largest absolute Gasteiger partial charge is 0.397 e. The third kappa shape index (κ3) is 3.10. The number of rotatable bonds is 4. The fraction of sp³-hybridized carbons (Fsp3) is 0.500. The van der Waals surface area contributed by atoms with Gasteiger partial charge < -0.3 is 16.0 Å². The maximum Gasteiger partial charge on any atom is 0.225 e. The van der Waals surface area contributed by atoms with Gasteiger partial charge >= 0.3 is 0 Å². The van der Waals surface area contributed by atoms with Gasteiger partial charge in [-0.05, 0) is 43.4 Å². The van der Waals surface area contributed by atoms with E-state index in [-0.39, 0.29) is 0 Å². The second kappa shape index (κ2) is 5.65. The molecular formula is C16H20N4O. The number of hydrogen-bond acceptors (Lipinski definition) is 4. The minimum atomic E-state index is 0.311. The standard InChI is InChI=1S/C16H20N4O/c17-8-11-1-4-15(14(18)7-11)19-9-12-5-6-20(10-12)16(21)13-2-3-13/h1,4,7,12-13,19H,2-3,5-6,9-10,18H2. The minimum Gasteiger partial charge on any atom is -0.397 e. The van der Waals surface area contributed by atoms with Crippen molar-refractivity contribution < 1.29 is 4.79 Å². The molecule has 1 aromatic carbocycles. The van der Waals surface area contributed by atoms with E-state index in [0.29, 0.717) is 29.0 Å². The Bertz CT molecular complexity index is 588. The molecule has 1 aromatic rings. The molecule has 3 rings (SSSR count). The van der Waals surface area contributed by atoms with Crippen LogP contribution in [0.3, 0.4) is 0 Å². The van der Waals surface area contributed by atoms with Crippen LogP contribution in [0.25, 0.3) is 0 Å². The zero-order chi connectivity index (χ0) is 14.8. The van der Waals surface area contributed by atoms with Crippen molar-refractivity contribution in [3.05, 3.63) is 23.8 Å². The Kier molecular flexibility index (Phi) is 3.70. The van der Waals surface area contributed by atoms with E-state index in [0.717, 1.165) is 44.6 Å². The number of anilines is 2. The first-order chi connectivity index (χ1) is 10.2. The van der Waals surface area contributed by atoms with Crippen LogP contribution in [0.15, 0.2) is 18.2 Å². The van der Waals surface area contributed by atoms with Gasteiger partial charge in [0.15, 0.2) is 0 Å². The molecule has 21 heavy (non-hydrogen) atoms. The number of likely N-dealkylation sites (tertiary alicyclic amines) is 1. The van der Waals surface area contributed by atoms with Gasteiger partial charge in [-0.25, -0.2) is 0 Å². The number of nitriles is 1. The van der Waals surface area contributed by atoms with E-state index in [9.17, 15) is 4.79 Å². The summed E-state index contributed by atoms with van der Waals surface area (Å²) in [5, 5.41) is 12.2. The topological polar surface area (TPSA) is 82.2 Å². The Morgan fingerprint density at radius 2 is 2.24 bits per heavy atom. The van der Waals surface area contributed by atoms with Crippen molar-refractivity contribution in [2.24, 2.45) is 11.8 Å². The number of nitrogens with zero attached hydrogens (tertiary/aromatic N) is 2. The van der Waals surface area contributed by atoms with Gasteiger partial charge in [0, 0.05) is 25.6 Å². The molecular weight excluding hydrogens is 264 g/mol. The second-order valence-electron chi connectivity index (χ2n) is 6.01. The third-order valence-electron chi connectivity index (χ3n) is 4.29. The Morgan fingerprint density at radius 3 is 2.90 bits per heavy atom. The number of nitrogens with one attached hydrogen (secondary N) is 1. The molecule has 1 saturated carbocycles. The van der Waals surface area contributed by atoms with Gasteiger partial charge in [-0.15, -0.1) is 0 Å². The van der Waals surface area contributed by atoms with E-state index in [1.165, 1.54) is 0 Å². The minimum absolute atomic E-state index is 0.311. The van der Waals surface area contributed by atoms with Crippen molar-refractivity contribution in [3.63, 3.8) is 0 Å². The van der Waals surface area contributed by atoms with E-state index < -0.39 is 0 Å². The molecule has 2 aliphatic rings. The van der Waals surface area contributed by atoms with Crippen LogP contribution in [-0.4, -0.2) is 30.4 Å². The molecule has 1 unspecified atom stereocenters. The summed E-state index contributed by atoms with van der Waals surface area (Å²) in [6, 6.07) is 7.36. The number of nitrogens with two attached hydrogens (primary N) is 1. The summed E-state index contributed by atoms with van der Waals surface area (Å²) in [6.07, 6.45) is 3.18. The molecule has 1 aliphatic carbocycles. The molecule has 5 nitrogen and oxygen atoms in total. The van der Waals surface area contributed by atoms with Crippen molar-refractivity contribution >= 4 is 17.3 Å². The van der Waals surface area contributed by atoms with Crippen molar-refractivity contribution in [2.75, 3.05) is 30.7 Å². The zero-order valence-corrected chi connectivity index (χ0v) is 12.0. The van der Waals surface area contributed by atoms with E-state index in [1.807, 2.05) is 11.0 Å². The molecule has 2 fully saturated rings. The van der Waals surface area contributed by atoms with E-state index in [2.05, 4.69) is 11.4 Å². The van der Waals surface area contributed by atoms with Crippen LogP contribution in [0.4, 0.5) is 11.4 Å². The summed E-state index contributed by atoms with van der Waals surface area (Å²) in [4.78, 5) is 14.0. The van der Waals surface area contributed by atoms with Crippen molar-refractivity contribution in [3.8, 4) is 6.07 Å². The number of amides is 1. The monoisotopic (exact) mass is 284 g/mol. The smallest absolute Gasteiger partial charge is 0.225 e. The molecule has 110 valence electrons. The molecule has 0 aromatic heterocycles. The van der Waals surface area contributed by atoms with Gasteiger partial charge in [-0.1, -0.05) is 0 Å². The van der Waals surface area contributed by atoms with E-state index in [1.54, 1.807) is 12.1 Å². The van der Waals surface area contributed by atoms with Gasteiger partial charge in [0.25, 0.3) is 0 Å². The normalized spacial score (nSPS) is 21.1. The quantitative estimate of drug-likeness (QED) is 0.826. The Labute approximate surface area is 124 Å². The third-order valence-corrected chi connectivity index (χ3v) is 4.29. The molecule has 0 bridgehead atoms. The van der Waals surface area contributed by atoms with Crippen molar-refractivity contribution in [1.82, 2.24) is 4.90 Å². The van der Waals surface area contributed by atoms with Gasteiger partial charge in [0.1, 0.15) is 0 Å². The highest BCUT2D eigenvalue weighted by Gasteiger charge is 2.36. The number of nitrogen functional groups attached to an aromatic ring is 1. The van der Waals surface area contributed by atoms with Gasteiger partial charge in [-0.3, -0.25) is 4.79 Å². The molecule has 1 heterocycles. The van der Waals surface area contributed by atoms with Gasteiger partial charge in [-0.2, -0.15) is 5.26 Å². The summed E-state index contributed by atoms with van der Waals surface area (Å²) in [5.41, 5.74) is 7.95. The fourth-order valence-electron chi connectivity index (χ4n) is 2.84. The molecule has 1 atom stereocenters. The maximum atomic E-state index is 12.0. The number of benzene rings is 1. The summed E-state index contributed by atoms with van der Waals surface area (Å²) in [5.74, 6) is 1.13. The highest BCUT2D eigenvalue weighted by Crippen LogP contribution is 2.33. The van der Waals surface area contributed by atoms with Crippen LogP contribution in [0.1, 0.15) is 24.8 Å². The first-order valence-corrected chi connectivity index (χ1v) is 7.49. The van der Waals surface area contributed by atoms with Crippen LogP contribution in [0, 0.1) is 23.2 Å². The van der Waals surface area contributed by atoms with Crippen LogP contribution < -0.4 is 11.1 Å². The first-order valence-electron chi connectivity index (χ1n) is 7.49. The highest BCUT2D eigenvalue weighted by molar-refractivity contribution is 5.81. The summed E-state index contributed by atoms with van der Waals surface area (Å²) in [7, 11) is 0. The Morgan fingerprint density at radius 1 is 1.43 bits per heavy atom. The summed E-state index contributed by atoms with van der Waals surface area (Å²) in [6.45, 7) is 2.54. The number of carbonyl (C=O) groups is 1. The van der Waals surface area contributed by atoms with Crippen molar-refractivity contribution in [2.45, 2.75) is 19.3 Å². The van der Waals surface area contributed by atoms with Crippen LogP contribution in [0.2, 0.25) is 0 Å². The molecule has 1 aliphatic heterocycles. The lowest BCUT2D eigenvalue weighted by Crippen LogP contribution is -2.30. The van der Waals surface area contributed by atoms with Crippen LogP contribution in [0.5, 0.6) is 0 Å². The van der Waals surface area contributed by atoms with Crippen LogP contribution in [-0.2, 0) is 4.79 Å². The van der Waals surface area contributed by atoms with Crippen LogP contribution >= 0.6 is 0 Å². The Balaban J connectivity index is 1.52. The molecule has 3 N–H and O–H groups in total. The molecule has 0 radical (unpaired) electrons. The van der Waals surface area contributed by atoms with Gasteiger partial charge in [0.05, 0.1) is 23.0 Å². The van der Waals surface area contributed by atoms with Gasteiger partial charge in [0.2, 0.25) is 5.91 Å². The predicted molar refractivity (Wildman–Crippen MR) is 81.5 cm³/mol. The lowest BCUT2D eigenvalue weighted by Gasteiger charge is -2.17. The maximum absolute atomic E-state index is 12.0. The zero-order valence-electron chi connectivity index (χ0n) is 12.0. The van der Waals surface area contributed by atoms with Crippen molar-refractivity contribution in [1.29, 1.82) is 5.26 Å². The lowest BCUT2D eigenvalue weighted by atomic mass is 10.1. The SMILES string of the molecule is N#Cc1ccc(NCC2CCN(C(=O)C3CC3)C2)c(N)c1. The molecule has 5 heteroatoms. The highest BCUT2D eigenvalue weighted by atomic mass is 16.2. The van der Waals surface area contributed by atoms with E-state index >= 15 is 0 Å². The average molecular weight is 284 g/mol. The first kappa shape index (κ1) is 13.7. The molecule has 1 amide bonds. The lowest BCUT2D eigenvalue weighted by molar-refractivity contribution is -0.131. The Hall–Kier alpha value is -2.22. The summed E-state index contributed by atoms with van der Waals surface area (Å²) < 4.78 is 0. The molecule has 1 saturated heterocycles. The molecule has 0 spiro atoms. The summed E-state index contributed by atoms with van der Waals surface area (Å²) >= 11 is 0. The fourth-order valence-corrected chi connectivity index (χ4v) is 2.84. The predicted octanol–water partition coefficient (Wildman–Crippen LogP) is 1.81. The second-order valence-corrected chi connectivity index (χ2v) is 6.01. The number of carbonyl (C=O) groups excluding carboxylic acids is 1.